The lowest BCUT2D eigenvalue weighted by Gasteiger charge is -2.31. The highest BCUT2D eigenvalue weighted by molar-refractivity contribution is 5.94. The van der Waals surface area contributed by atoms with Crippen LogP contribution in [-0.2, 0) is 0 Å². The van der Waals surface area contributed by atoms with Crippen LogP contribution in [0.3, 0.4) is 0 Å². The summed E-state index contributed by atoms with van der Waals surface area (Å²) in [5.41, 5.74) is 0.770. The van der Waals surface area contributed by atoms with Gasteiger partial charge in [-0.25, -0.2) is 0 Å². The van der Waals surface area contributed by atoms with Gasteiger partial charge in [-0.1, -0.05) is 66.2 Å². The van der Waals surface area contributed by atoms with Gasteiger partial charge in [0, 0.05) is 18.7 Å². The molecule has 0 aliphatic rings. The summed E-state index contributed by atoms with van der Waals surface area (Å²) >= 11 is 0. The van der Waals surface area contributed by atoms with E-state index in [4.69, 9.17) is 4.74 Å². The molecule has 0 fully saturated rings. The Morgan fingerprint density at radius 1 is 0.889 bits per heavy atom. The van der Waals surface area contributed by atoms with Gasteiger partial charge in [0.15, 0.2) is 0 Å². The average molecular weight is 376 g/mol. The molecule has 0 aliphatic heterocycles. The van der Waals surface area contributed by atoms with Crippen LogP contribution in [0.15, 0.2) is 24.3 Å². The van der Waals surface area contributed by atoms with Crippen molar-refractivity contribution < 1.29 is 9.53 Å². The Hall–Kier alpha value is -1.51. The summed E-state index contributed by atoms with van der Waals surface area (Å²) in [4.78, 5) is 15.4. The van der Waals surface area contributed by atoms with Crippen LogP contribution < -0.4 is 4.74 Å². The van der Waals surface area contributed by atoms with Crippen molar-refractivity contribution in [3.05, 3.63) is 29.8 Å². The van der Waals surface area contributed by atoms with E-state index in [-0.39, 0.29) is 5.91 Å². The van der Waals surface area contributed by atoms with E-state index in [0.717, 1.165) is 37.2 Å². The maximum Gasteiger partial charge on any atom is 0.253 e. The van der Waals surface area contributed by atoms with Crippen LogP contribution in [0.5, 0.6) is 5.75 Å². The molecule has 1 aromatic carbocycles. The fraction of sp³-hybridized carbons (Fsp3) is 0.708. The number of rotatable bonds is 14. The summed E-state index contributed by atoms with van der Waals surface area (Å²) in [5, 5.41) is 0. The summed E-state index contributed by atoms with van der Waals surface area (Å²) in [5.74, 6) is 2.15. The largest absolute Gasteiger partial charge is 0.497 e. The molecule has 0 spiro atoms. The molecule has 1 rings (SSSR count). The number of carbonyl (C=O) groups excluding carboxylic acids is 1. The first kappa shape index (κ1) is 23.5. The summed E-state index contributed by atoms with van der Waals surface area (Å²) < 4.78 is 5.24. The Labute approximate surface area is 167 Å². The minimum Gasteiger partial charge on any atom is -0.497 e. The van der Waals surface area contributed by atoms with E-state index in [0.29, 0.717) is 11.8 Å². The van der Waals surface area contributed by atoms with Crippen LogP contribution in [0.1, 0.15) is 89.4 Å². The molecule has 0 N–H and O–H groups in total. The Bertz CT molecular complexity index is 494. The third kappa shape index (κ3) is 8.36. The Morgan fingerprint density at radius 2 is 1.37 bits per heavy atom. The van der Waals surface area contributed by atoms with Gasteiger partial charge in [0.1, 0.15) is 5.75 Å². The zero-order valence-corrected chi connectivity index (χ0v) is 18.3. The van der Waals surface area contributed by atoms with Crippen molar-refractivity contribution in [1.82, 2.24) is 4.90 Å². The number of amides is 1. The van der Waals surface area contributed by atoms with Crippen molar-refractivity contribution in [2.24, 2.45) is 11.8 Å². The van der Waals surface area contributed by atoms with Crippen molar-refractivity contribution >= 4 is 5.91 Å². The SMILES string of the molecule is CCCCC(CC)CN(CC(CC)CCCC)C(=O)c1ccc(OC)cc1. The number of hydrogen-bond donors (Lipinski definition) is 0. The smallest absolute Gasteiger partial charge is 0.253 e. The Kier molecular flexibility index (Phi) is 11.9. The van der Waals surface area contributed by atoms with Gasteiger partial charge in [0.05, 0.1) is 7.11 Å². The van der Waals surface area contributed by atoms with Gasteiger partial charge in [-0.05, 0) is 48.9 Å². The lowest BCUT2D eigenvalue weighted by molar-refractivity contribution is 0.0685. The summed E-state index contributed by atoms with van der Waals surface area (Å²) in [6.07, 6.45) is 9.63. The molecule has 154 valence electrons. The minimum atomic E-state index is 0.169. The number of benzene rings is 1. The lowest BCUT2D eigenvalue weighted by Crippen LogP contribution is -2.39. The van der Waals surface area contributed by atoms with E-state index in [1.807, 2.05) is 24.3 Å². The van der Waals surface area contributed by atoms with E-state index in [1.165, 1.54) is 38.5 Å². The molecule has 0 saturated carbocycles. The van der Waals surface area contributed by atoms with Crippen molar-refractivity contribution in [3.63, 3.8) is 0 Å². The standard InChI is InChI=1S/C24H41NO2/c1-6-10-12-20(8-3)18-25(19-21(9-4)13-11-7-2)24(26)22-14-16-23(27-5)17-15-22/h14-17,20-21H,6-13,18-19H2,1-5H3. The number of ether oxygens (including phenoxy) is 1. The van der Waals surface area contributed by atoms with Gasteiger partial charge in [0.25, 0.3) is 5.91 Å². The highest BCUT2D eigenvalue weighted by Crippen LogP contribution is 2.21. The number of unbranched alkanes of at least 4 members (excludes halogenated alkanes) is 2. The fourth-order valence-corrected chi connectivity index (χ4v) is 3.61. The van der Waals surface area contributed by atoms with Crippen LogP contribution in [0.4, 0.5) is 0 Å². The number of carbonyl (C=O) groups is 1. The zero-order chi connectivity index (χ0) is 20.1. The first-order valence-electron chi connectivity index (χ1n) is 11.0. The molecule has 0 aliphatic carbocycles. The van der Waals surface area contributed by atoms with E-state index in [1.54, 1.807) is 7.11 Å². The van der Waals surface area contributed by atoms with Gasteiger partial charge >= 0.3 is 0 Å². The van der Waals surface area contributed by atoms with Crippen LogP contribution in [0.2, 0.25) is 0 Å². The maximum absolute atomic E-state index is 13.3. The zero-order valence-electron chi connectivity index (χ0n) is 18.3. The van der Waals surface area contributed by atoms with Crippen molar-refractivity contribution in [3.8, 4) is 5.75 Å². The molecule has 0 saturated heterocycles. The number of hydrogen-bond acceptors (Lipinski definition) is 2. The molecule has 27 heavy (non-hydrogen) atoms. The second-order valence-corrected chi connectivity index (χ2v) is 7.77. The predicted molar refractivity (Wildman–Crippen MR) is 116 cm³/mol. The first-order valence-corrected chi connectivity index (χ1v) is 11.0. The molecule has 0 radical (unpaired) electrons. The van der Waals surface area contributed by atoms with Gasteiger partial charge < -0.3 is 9.64 Å². The van der Waals surface area contributed by atoms with E-state index in [2.05, 4.69) is 32.6 Å². The molecule has 3 nitrogen and oxygen atoms in total. The van der Waals surface area contributed by atoms with E-state index >= 15 is 0 Å². The molecule has 2 unspecified atom stereocenters. The molecule has 0 bridgehead atoms. The maximum atomic E-state index is 13.3. The van der Waals surface area contributed by atoms with Crippen LogP contribution in [0.25, 0.3) is 0 Å². The molecule has 3 heteroatoms. The minimum absolute atomic E-state index is 0.169. The van der Waals surface area contributed by atoms with Gasteiger partial charge in [-0.15, -0.1) is 0 Å². The van der Waals surface area contributed by atoms with Crippen molar-refractivity contribution in [1.29, 1.82) is 0 Å². The topological polar surface area (TPSA) is 29.5 Å². The Balaban J connectivity index is 2.93. The number of nitrogens with zero attached hydrogens (tertiary/aromatic N) is 1. The Morgan fingerprint density at radius 3 is 1.74 bits per heavy atom. The molecule has 0 aromatic heterocycles. The average Bonchev–Trinajstić information content (AvgIpc) is 2.72. The second-order valence-electron chi connectivity index (χ2n) is 7.77. The number of methoxy groups -OCH3 is 1. The normalized spacial score (nSPS) is 13.2. The van der Waals surface area contributed by atoms with E-state index in [9.17, 15) is 4.79 Å². The van der Waals surface area contributed by atoms with Crippen LogP contribution >= 0.6 is 0 Å². The molecular formula is C24H41NO2. The first-order chi connectivity index (χ1) is 13.1. The highest BCUT2D eigenvalue weighted by Gasteiger charge is 2.22. The lowest BCUT2D eigenvalue weighted by atomic mass is 9.95. The summed E-state index contributed by atoms with van der Waals surface area (Å²) in [6.45, 7) is 10.7. The molecule has 2 atom stereocenters. The molecule has 1 aromatic rings. The predicted octanol–water partition coefficient (Wildman–Crippen LogP) is 6.57. The molecule has 1 amide bonds. The fourth-order valence-electron chi connectivity index (χ4n) is 3.61. The van der Waals surface area contributed by atoms with Crippen molar-refractivity contribution in [2.75, 3.05) is 20.2 Å². The van der Waals surface area contributed by atoms with Gasteiger partial charge in [-0.3, -0.25) is 4.79 Å². The third-order valence-electron chi connectivity index (χ3n) is 5.67. The van der Waals surface area contributed by atoms with Gasteiger partial charge in [-0.2, -0.15) is 0 Å². The highest BCUT2D eigenvalue weighted by atomic mass is 16.5. The van der Waals surface area contributed by atoms with Crippen molar-refractivity contribution in [2.45, 2.75) is 79.1 Å². The molecular weight excluding hydrogens is 334 g/mol. The summed E-state index contributed by atoms with van der Waals surface area (Å²) in [7, 11) is 1.66. The monoisotopic (exact) mass is 375 g/mol. The molecule has 0 heterocycles. The summed E-state index contributed by atoms with van der Waals surface area (Å²) in [6, 6.07) is 7.56. The van der Waals surface area contributed by atoms with Crippen LogP contribution in [0, 0.1) is 11.8 Å². The quantitative estimate of drug-likeness (QED) is 0.368. The third-order valence-corrected chi connectivity index (χ3v) is 5.67. The van der Waals surface area contributed by atoms with Gasteiger partial charge in [0.2, 0.25) is 0 Å². The van der Waals surface area contributed by atoms with E-state index < -0.39 is 0 Å². The van der Waals surface area contributed by atoms with Crippen LogP contribution in [-0.4, -0.2) is 31.0 Å². The second kappa shape index (κ2) is 13.6.